The Labute approximate surface area is 271 Å². The molecule has 0 heterocycles. The smallest absolute Gasteiger partial charge is 0.407 e. The van der Waals surface area contributed by atoms with Gasteiger partial charge in [0, 0.05) is 30.2 Å². The van der Waals surface area contributed by atoms with Gasteiger partial charge in [-0.1, -0.05) is 67.6 Å². The molecule has 0 aromatic heterocycles. The van der Waals surface area contributed by atoms with Gasteiger partial charge in [-0.05, 0) is 67.5 Å². The molecule has 0 spiro atoms. The molecule has 0 saturated heterocycles. The van der Waals surface area contributed by atoms with Crippen molar-refractivity contribution in [2.45, 2.75) is 68.0 Å². The van der Waals surface area contributed by atoms with Crippen molar-refractivity contribution in [2.75, 3.05) is 32.7 Å². The summed E-state index contributed by atoms with van der Waals surface area (Å²) in [6.45, 7) is 0.667. The number of rotatable bonds is 18. The van der Waals surface area contributed by atoms with Crippen molar-refractivity contribution in [1.82, 2.24) is 14.9 Å². The van der Waals surface area contributed by atoms with E-state index in [1.54, 1.807) is 0 Å². The number of alkyl halides is 1. The summed E-state index contributed by atoms with van der Waals surface area (Å²) in [6, 6.07) is 22.5. The minimum Gasteiger partial charge on any atom is -0.453 e. The summed E-state index contributed by atoms with van der Waals surface area (Å²) in [5.41, 5.74) is 7.80. The standard InChI is InChI=1S/C34H45FN4O6S/c1-3-28(16-10-17-29(24-40)39(23-11-22-35)46(43,44)30-20-18-27(36)19-21-30)37-33(41)32(38-34(42)45-2)31(25-12-6-4-7-13-25)26-14-8-5-9-15-26/h4-9,12-15,18-21,28-29,31-32,40H,3,10-11,16-17,22-24,36H2,1-2H3,(H,37,41)(H,38,42). The molecule has 0 aliphatic rings. The highest BCUT2D eigenvalue weighted by molar-refractivity contribution is 7.89. The Hall–Kier alpha value is -4.00. The fraction of sp³-hybridized carbons (Fsp3) is 0.412. The lowest BCUT2D eigenvalue weighted by Crippen LogP contribution is -2.52. The van der Waals surface area contributed by atoms with Crippen molar-refractivity contribution >= 4 is 27.7 Å². The predicted molar refractivity (Wildman–Crippen MR) is 176 cm³/mol. The fourth-order valence-electron chi connectivity index (χ4n) is 5.47. The molecular formula is C34H45FN4O6S. The van der Waals surface area contributed by atoms with E-state index < -0.39 is 53.3 Å². The second-order valence-corrected chi connectivity index (χ2v) is 12.9. The number of nitrogens with one attached hydrogen (secondary N) is 2. The lowest BCUT2D eigenvalue weighted by atomic mass is 9.84. The third kappa shape index (κ3) is 10.0. The molecule has 250 valence electrons. The topological polar surface area (TPSA) is 151 Å². The molecule has 3 aromatic rings. The highest BCUT2D eigenvalue weighted by Gasteiger charge is 2.34. The van der Waals surface area contributed by atoms with E-state index in [0.717, 1.165) is 15.4 Å². The Bertz CT molecular complexity index is 1420. The van der Waals surface area contributed by atoms with Crippen molar-refractivity contribution in [3.8, 4) is 0 Å². The van der Waals surface area contributed by atoms with E-state index in [0.29, 0.717) is 24.9 Å². The zero-order chi connectivity index (χ0) is 33.5. The van der Waals surface area contributed by atoms with E-state index in [1.165, 1.54) is 31.4 Å². The number of anilines is 1. The maximum atomic E-state index is 13.9. The Balaban J connectivity index is 1.78. The highest BCUT2D eigenvalue weighted by Crippen LogP contribution is 2.29. The number of hydrogen-bond donors (Lipinski definition) is 4. The Kier molecular flexibility index (Phi) is 14.4. The quantitative estimate of drug-likeness (QED) is 0.146. The second-order valence-electron chi connectivity index (χ2n) is 11.0. The molecule has 10 nitrogen and oxygen atoms in total. The molecule has 46 heavy (non-hydrogen) atoms. The number of ether oxygens (including phenoxy) is 1. The average Bonchev–Trinajstić information content (AvgIpc) is 3.07. The van der Waals surface area contributed by atoms with E-state index in [1.807, 2.05) is 67.6 Å². The average molecular weight is 657 g/mol. The van der Waals surface area contributed by atoms with E-state index in [-0.39, 0.29) is 30.3 Å². The Morgan fingerprint density at radius 3 is 2.00 bits per heavy atom. The summed E-state index contributed by atoms with van der Waals surface area (Å²) < 4.78 is 46.1. The summed E-state index contributed by atoms with van der Waals surface area (Å²) in [5, 5.41) is 16.0. The summed E-state index contributed by atoms with van der Waals surface area (Å²) in [5.74, 6) is -0.912. The number of alkyl carbamates (subject to hydrolysis) is 1. The zero-order valence-corrected chi connectivity index (χ0v) is 27.2. The summed E-state index contributed by atoms with van der Waals surface area (Å²) in [4.78, 5) is 26.3. The third-order valence-corrected chi connectivity index (χ3v) is 9.90. The molecule has 0 saturated carbocycles. The van der Waals surface area contributed by atoms with Crippen LogP contribution in [0, 0.1) is 0 Å². The number of aliphatic hydroxyl groups is 1. The maximum Gasteiger partial charge on any atom is 0.407 e. The van der Waals surface area contributed by atoms with Gasteiger partial charge in [-0.2, -0.15) is 4.31 Å². The molecule has 3 unspecified atom stereocenters. The molecule has 0 bridgehead atoms. The summed E-state index contributed by atoms with van der Waals surface area (Å²) in [6.07, 6.45) is 1.02. The molecule has 0 radical (unpaired) electrons. The van der Waals surface area contributed by atoms with E-state index in [4.69, 9.17) is 10.5 Å². The van der Waals surface area contributed by atoms with Gasteiger partial charge in [0.1, 0.15) is 6.04 Å². The van der Waals surface area contributed by atoms with Crippen LogP contribution in [0.5, 0.6) is 0 Å². The number of methoxy groups -OCH3 is 1. The van der Waals surface area contributed by atoms with E-state index >= 15 is 0 Å². The van der Waals surface area contributed by atoms with Gasteiger partial charge in [-0.3, -0.25) is 9.18 Å². The van der Waals surface area contributed by atoms with Gasteiger partial charge >= 0.3 is 6.09 Å². The molecule has 3 rings (SSSR count). The fourth-order valence-corrected chi connectivity index (χ4v) is 7.15. The lowest BCUT2D eigenvalue weighted by Gasteiger charge is -2.31. The number of nitrogens with two attached hydrogens (primary N) is 1. The number of sulfonamides is 1. The first kappa shape index (κ1) is 36.5. The van der Waals surface area contributed by atoms with Crippen molar-refractivity contribution in [2.24, 2.45) is 0 Å². The number of carbonyl (C=O) groups excluding carboxylic acids is 2. The normalized spacial score (nSPS) is 13.6. The van der Waals surface area contributed by atoms with Crippen LogP contribution in [0.25, 0.3) is 0 Å². The number of hydrogen-bond acceptors (Lipinski definition) is 7. The van der Waals surface area contributed by atoms with Gasteiger partial charge in [-0.15, -0.1) is 0 Å². The number of amides is 2. The summed E-state index contributed by atoms with van der Waals surface area (Å²) >= 11 is 0. The molecule has 0 aliphatic carbocycles. The first-order chi connectivity index (χ1) is 22.2. The molecule has 12 heteroatoms. The molecular weight excluding hydrogens is 611 g/mol. The number of carbonyl (C=O) groups is 2. The highest BCUT2D eigenvalue weighted by atomic mass is 32.2. The maximum absolute atomic E-state index is 13.9. The van der Waals surface area contributed by atoms with E-state index in [2.05, 4.69) is 10.6 Å². The first-order valence-corrected chi connectivity index (χ1v) is 16.9. The molecule has 2 amide bonds. The Morgan fingerprint density at radius 1 is 0.913 bits per heavy atom. The van der Waals surface area contributed by atoms with Crippen LogP contribution in [0.3, 0.4) is 0 Å². The number of nitrogen functional groups attached to an aromatic ring is 1. The van der Waals surface area contributed by atoms with Crippen LogP contribution >= 0.6 is 0 Å². The van der Waals surface area contributed by atoms with Crippen molar-refractivity contribution < 1.29 is 32.2 Å². The molecule has 3 atom stereocenters. The number of benzene rings is 3. The van der Waals surface area contributed by atoms with Crippen LogP contribution < -0.4 is 16.4 Å². The SMILES string of the molecule is CCC(CCCC(CO)N(CCCF)S(=O)(=O)c1ccc(N)cc1)NC(=O)C(NC(=O)OC)C(c1ccccc1)c1ccccc1. The molecule has 0 fully saturated rings. The lowest BCUT2D eigenvalue weighted by molar-refractivity contribution is -0.124. The summed E-state index contributed by atoms with van der Waals surface area (Å²) in [7, 11) is -2.80. The van der Waals surface area contributed by atoms with Crippen LogP contribution in [0.4, 0.5) is 14.9 Å². The largest absolute Gasteiger partial charge is 0.453 e. The van der Waals surface area contributed by atoms with Crippen LogP contribution in [0.1, 0.15) is 56.1 Å². The minimum atomic E-state index is -4.03. The van der Waals surface area contributed by atoms with Crippen molar-refractivity contribution in [1.29, 1.82) is 0 Å². The molecule has 0 aliphatic heterocycles. The van der Waals surface area contributed by atoms with Gasteiger partial charge < -0.3 is 26.2 Å². The van der Waals surface area contributed by atoms with Gasteiger partial charge in [0.05, 0.1) is 25.3 Å². The van der Waals surface area contributed by atoms with E-state index in [9.17, 15) is 27.5 Å². The van der Waals surface area contributed by atoms with Gasteiger partial charge in [0.15, 0.2) is 0 Å². The van der Waals surface area contributed by atoms with Crippen LogP contribution in [0.15, 0.2) is 89.8 Å². The molecule has 3 aromatic carbocycles. The number of halogens is 1. The van der Waals surface area contributed by atoms with Gasteiger partial charge in [0.25, 0.3) is 0 Å². The van der Waals surface area contributed by atoms with Gasteiger partial charge in [-0.25, -0.2) is 13.2 Å². The third-order valence-electron chi connectivity index (χ3n) is 7.94. The number of aliphatic hydroxyl groups excluding tert-OH is 1. The Morgan fingerprint density at radius 2 is 1.50 bits per heavy atom. The van der Waals surface area contributed by atoms with Crippen molar-refractivity contribution in [3.63, 3.8) is 0 Å². The first-order valence-electron chi connectivity index (χ1n) is 15.4. The predicted octanol–water partition coefficient (Wildman–Crippen LogP) is 4.60. The van der Waals surface area contributed by atoms with Crippen molar-refractivity contribution in [3.05, 3.63) is 96.1 Å². The molecule has 5 N–H and O–H groups in total. The zero-order valence-electron chi connectivity index (χ0n) is 26.3. The monoisotopic (exact) mass is 656 g/mol. The van der Waals surface area contributed by atoms with Crippen LogP contribution in [-0.4, -0.2) is 74.9 Å². The van der Waals surface area contributed by atoms with Crippen LogP contribution in [-0.2, 0) is 19.6 Å². The minimum absolute atomic E-state index is 0.00763. The van der Waals surface area contributed by atoms with Gasteiger partial charge in [0.2, 0.25) is 15.9 Å². The number of nitrogens with zero attached hydrogens (tertiary/aromatic N) is 1. The second kappa shape index (κ2) is 18.2. The van der Waals surface area contributed by atoms with Crippen LogP contribution in [0.2, 0.25) is 0 Å².